The standard InChI is InChI=1S/C7H12O5/c1-5(8)4-7(11)12-3-2-6(9)10/h5,8H,2-4H2,1H3,(H,9,10). The van der Waals surface area contributed by atoms with Gasteiger partial charge in [0.1, 0.15) is 6.61 Å². The maximum absolute atomic E-state index is 10.7. The lowest BCUT2D eigenvalue weighted by atomic mass is 10.3. The summed E-state index contributed by atoms with van der Waals surface area (Å²) in [5.74, 6) is -1.59. The minimum absolute atomic E-state index is 0.0976. The second kappa shape index (κ2) is 5.54. The van der Waals surface area contributed by atoms with Crippen molar-refractivity contribution in [3.8, 4) is 0 Å². The Balaban J connectivity index is 3.38. The van der Waals surface area contributed by atoms with Crippen molar-refractivity contribution in [2.75, 3.05) is 6.61 Å². The molecule has 5 heteroatoms. The summed E-state index contributed by atoms with van der Waals surface area (Å²) in [7, 11) is 0. The van der Waals surface area contributed by atoms with Gasteiger partial charge in [0.2, 0.25) is 0 Å². The van der Waals surface area contributed by atoms with Crippen LogP contribution in [0.2, 0.25) is 0 Å². The molecule has 0 aliphatic rings. The average molecular weight is 176 g/mol. The van der Waals surface area contributed by atoms with Crippen LogP contribution in [0.3, 0.4) is 0 Å². The monoisotopic (exact) mass is 176 g/mol. The zero-order valence-electron chi connectivity index (χ0n) is 6.82. The maximum Gasteiger partial charge on any atom is 0.308 e. The number of hydrogen-bond donors (Lipinski definition) is 2. The van der Waals surface area contributed by atoms with Crippen molar-refractivity contribution < 1.29 is 24.5 Å². The third-order valence-corrected chi connectivity index (χ3v) is 1.04. The van der Waals surface area contributed by atoms with E-state index in [9.17, 15) is 9.59 Å². The van der Waals surface area contributed by atoms with Crippen LogP contribution < -0.4 is 0 Å². The minimum atomic E-state index is -1.01. The van der Waals surface area contributed by atoms with E-state index in [0.29, 0.717) is 0 Å². The quantitative estimate of drug-likeness (QED) is 0.565. The Morgan fingerprint density at radius 2 is 2.08 bits per heavy atom. The molecule has 5 nitrogen and oxygen atoms in total. The highest BCUT2D eigenvalue weighted by Gasteiger charge is 2.07. The number of hydrogen-bond acceptors (Lipinski definition) is 4. The lowest BCUT2D eigenvalue weighted by Gasteiger charge is -2.03. The summed E-state index contributed by atoms with van der Waals surface area (Å²) in [6, 6.07) is 0. The molecule has 0 aromatic rings. The largest absolute Gasteiger partial charge is 0.481 e. The molecule has 12 heavy (non-hydrogen) atoms. The first-order valence-corrected chi connectivity index (χ1v) is 3.58. The van der Waals surface area contributed by atoms with Crippen LogP contribution in [0.15, 0.2) is 0 Å². The van der Waals surface area contributed by atoms with Crippen LogP contribution in [-0.4, -0.2) is 34.9 Å². The summed E-state index contributed by atoms with van der Waals surface area (Å²) in [5.41, 5.74) is 0. The van der Waals surface area contributed by atoms with Crippen LogP contribution in [-0.2, 0) is 14.3 Å². The van der Waals surface area contributed by atoms with Crippen molar-refractivity contribution in [2.45, 2.75) is 25.9 Å². The van der Waals surface area contributed by atoms with Crippen molar-refractivity contribution in [3.63, 3.8) is 0 Å². The fourth-order valence-corrected chi connectivity index (χ4v) is 0.552. The van der Waals surface area contributed by atoms with Gasteiger partial charge in [0, 0.05) is 0 Å². The van der Waals surface area contributed by atoms with Gasteiger partial charge in [-0.2, -0.15) is 0 Å². The van der Waals surface area contributed by atoms with Gasteiger partial charge < -0.3 is 14.9 Å². The van der Waals surface area contributed by atoms with Gasteiger partial charge in [0.05, 0.1) is 18.9 Å². The van der Waals surface area contributed by atoms with Crippen LogP contribution in [0.5, 0.6) is 0 Å². The molecule has 0 aliphatic heterocycles. The Labute approximate surface area is 70.0 Å². The normalized spacial score (nSPS) is 12.2. The van der Waals surface area contributed by atoms with Gasteiger partial charge in [-0.05, 0) is 6.92 Å². The van der Waals surface area contributed by atoms with E-state index in [4.69, 9.17) is 10.2 Å². The second-order valence-electron chi connectivity index (χ2n) is 2.42. The average Bonchev–Trinajstić information content (AvgIpc) is 1.84. The van der Waals surface area contributed by atoms with E-state index in [0.717, 1.165) is 0 Å². The van der Waals surface area contributed by atoms with Gasteiger partial charge in [-0.25, -0.2) is 0 Å². The molecule has 1 unspecified atom stereocenters. The topological polar surface area (TPSA) is 83.8 Å². The first kappa shape index (κ1) is 10.9. The van der Waals surface area contributed by atoms with Gasteiger partial charge in [-0.15, -0.1) is 0 Å². The molecule has 0 amide bonds. The molecule has 0 fully saturated rings. The number of ether oxygens (including phenoxy) is 1. The van der Waals surface area contributed by atoms with Crippen LogP contribution >= 0.6 is 0 Å². The van der Waals surface area contributed by atoms with Gasteiger partial charge in [-0.3, -0.25) is 9.59 Å². The van der Waals surface area contributed by atoms with Gasteiger partial charge >= 0.3 is 11.9 Å². The third-order valence-electron chi connectivity index (χ3n) is 1.04. The highest BCUT2D eigenvalue weighted by molar-refractivity contribution is 5.71. The Morgan fingerprint density at radius 1 is 1.50 bits per heavy atom. The molecule has 0 radical (unpaired) electrons. The predicted octanol–water partition coefficient (Wildman–Crippen LogP) is -0.225. The first-order valence-electron chi connectivity index (χ1n) is 3.58. The molecular formula is C7H12O5. The number of carbonyl (C=O) groups is 2. The van der Waals surface area contributed by atoms with Crippen molar-refractivity contribution in [1.82, 2.24) is 0 Å². The number of carboxylic acid groups (broad SMARTS) is 1. The highest BCUT2D eigenvalue weighted by Crippen LogP contribution is 1.93. The van der Waals surface area contributed by atoms with E-state index >= 15 is 0 Å². The molecule has 70 valence electrons. The Kier molecular flexibility index (Phi) is 5.03. The second-order valence-corrected chi connectivity index (χ2v) is 2.42. The van der Waals surface area contributed by atoms with Crippen LogP contribution in [0.4, 0.5) is 0 Å². The van der Waals surface area contributed by atoms with E-state index in [-0.39, 0.29) is 19.4 Å². The van der Waals surface area contributed by atoms with Crippen LogP contribution in [0, 0.1) is 0 Å². The molecule has 0 aromatic heterocycles. The van der Waals surface area contributed by atoms with Crippen LogP contribution in [0.1, 0.15) is 19.8 Å². The van der Waals surface area contributed by atoms with Gasteiger partial charge in [-0.1, -0.05) is 0 Å². The molecule has 0 saturated heterocycles. The molecule has 0 spiro atoms. The Morgan fingerprint density at radius 3 is 2.50 bits per heavy atom. The predicted molar refractivity (Wildman–Crippen MR) is 39.5 cm³/mol. The zero-order valence-corrected chi connectivity index (χ0v) is 6.82. The first-order chi connectivity index (χ1) is 5.52. The summed E-state index contributed by atoms with van der Waals surface area (Å²) in [4.78, 5) is 20.6. The number of rotatable bonds is 5. The number of aliphatic carboxylic acids is 1. The molecule has 0 saturated carbocycles. The molecule has 0 aliphatic carbocycles. The number of carboxylic acids is 1. The molecular weight excluding hydrogens is 164 g/mol. The molecule has 0 bridgehead atoms. The zero-order chi connectivity index (χ0) is 9.56. The highest BCUT2D eigenvalue weighted by atomic mass is 16.5. The molecule has 0 rings (SSSR count). The van der Waals surface area contributed by atoms with Crippen molar-refractivity contribution in [2.24, 2.45) is 0 Å². The summed E-state index contributed by atoms with van der Waals surface area (Å²) >= 11 is 0. The summed E-state index contributed by atoms with van der Waals surface area (Å²) < 4.78 is 4.48. The van der Waals surface area contributed by atoms with Gasteiger partial charge in [0.15, 0.2) is 0 Å². The van der Waals surface area contributed by atoms with Crippen LogP contribution in [0.25, 0.3) is 0 Å². The Bertz CT molecular complexity index is 163. The van der Waals surface area contributed by atoms with Crippen molar-refractivity contribution in [1.29, 1.82) is 0 Å². The lowest BCUT2D eigenvalue weighted by molar-refractivity contribution is -0.147. The van der Waals surface area contributed by atoms with E-state index in [1.54, 1.807) is 0 Å². The maximum atomic E-state index is 10.7. The SMILES string of the molecule is CC(O)CC(=O)OCCC(=O)O. The number of aliphatic hydroxyl groups excluding tert-OH is 1. The van der Waals surface area contributed by atoms with E-state index in [1.165, 1.54) is 6.92 Å². The molecule has 2 N–H and O–H groups in total. The molecule has 0 heterocycles. The number of aliphatic hydroxyl groups is 1. The van der Waals surface area contributed by atoms with Crippen molar-refractivity contribution in [3.05, 3.63) is 0 Å². The van der Waals surface area contributed by atoms with E-state index in [2.05, 4.69) is 4.74 Å². The van der Waals surface area contributed by atoms with Crippen molar-refractivity contribution >= 4 is 11.9 Å². The third kappa shape index (κ3) is 7.01. The summed E-state index contributed by atoms with van der Waals surface area (Å²) in [6.07, 6.45) is -1.05. The number of esters is 1. The van der Waals surface area contributed by atoms with E-state index in [1.807, 2.05) is 0 Å². The van der Waals surface area contributed by atoms with Gasteiger partial charge in [0.25, 0.3) is 0 Å². The van der Waals surface area contributed by atoms with E-state index < -0.39 is 18.0 Å². The summed E-state index contributed by atoms with van der Waals surface area (Å²) in [5, 5.41) is 16.9. The fourth-order valence-electron chi connectivity index (χ4n) is 0.552. The molecule has 0 aromatic carbocycles. The Hall–Kier alpha value is -1.10. The molecule has 1 atom stereocenters. The smallest absolute Gasteiger partial charge is 0.308 e. The summed E-state index contributed by atoms with van der Waals surface area (Å²) in [6.45, 7) is 1.32. The fraction of sp³-hybridized carbons (Fsp3) is 0.714. The lowest BCUT2D eigenvalue weighted by Crippen LogP contribution is -2.14. The minimum Gasteiger partial charge on any atom is -0.481 e. The number of carbonyl (C=O) groups excluding carboxylic acids is 1.